The average Bonchev–Trinajstić information content (AvgIpc) is 2.95. The Labute approximate surface area is 134 Å². The number of carbonyl (C=O) groups excluding carboxylic acids is 1. The van der Waals surface area contributed by atoms with E-state index < -0.39 is 0 Å². The van der Waals surface area contributed by atoms with Gasteiger partial charge in [0.1, 0.15) is 5.75 Å². The summed E-state index contributed by atoms with van der Waals surface area (Å²) in [6.45, 7) is 2.18. The predicted octanol–water partition coefficient (Wildman–Crippen LogP) is 0.416. The van der Waals surface area contributed by atoms with Crippen LogP contribution in [0.5, 0.6) is 5.75 Å². The van der Waals surface area contributed by atoms with Crippen LogP contribution in [0.15, 0.2) is 24.3 Å². The SMILES string of the molecule is O=C(NCCSC1CNNN1)C1CCOc2ccccc2C1. The number of fused-ring (bicyclic) bond motifs is 1. The van der Waals surface area contributed by atoms with Crippen molar-refractivity contribution in [3.63, 3.8) is 0 Å². The quantitative estimate of drug-likeness (QED) is 0.589. The van der Waals surface area contributed by atoms with E-state index in [1.54, 1.807) is 11.8 Å². The van der Waals surface area contributed by atoms with Crippen LogP contribution >= 0.6 is 11.8 Å². The van der Waals surface area contributed by atoms with E-state index in [0.717, 1.165) is 36.5 Å². The zero-order chi connectivity index (χ0) is 15.2. The Kier molecular flexibility index (Phi) is 5.55. The Hall–Kier alpha value is -1.28. The maximum absolute atomic E-state index is 12.3. The Balaban J connectivity index is 1.43. The standard InChI is InChI=1S/C15H22N4O2S/c20-15(16-6-8-22-14-10-17-19-18-14)12-5-7-21-13-4-2-1-3-11(13)9-12/h1-4,12,14,17-19H,5-10H2,(H,16,20). The molecule has 4 N–H and O–H groups in total. The molecule has 2 atom stereocenters. The van der Waals surface area contributed by atoms with E-state index in [9.17, 15) is 4.79 Å². The van der Waals surface area contributed by atoms with Gasteiger partial charge in [0.2, 0.25) is 5.91 Å². The molecular weight excluding hydrogens is 300 g/mol. The normalized spacial score (nSPS) is 24.2. The molecule has 1 fully saturated rings. The van der Waals surface area contributed by atoms with Gasteiger partial charge in [-0.15, -0.1) is 11.8 Å². The number of ether oxygens (including phenoxy) is 1. The molecule has 1 aromatic rings. The molecule has 1 amide bonds. The van der Waals surface area contributed by atoms with E-state index in [0.29, 0.717) is 18.5 Å². The van der Waals surface area contributed by atoms with Gasteiger partial charge in [-0.25, -0.2) is 10.9 Å². The molecule has 3 rings (SSSR count). The van der Waals surface area contributed by atoms with Crippen LogP contribution in [-0.2, 0) is 11.2 Å². The number of rotatable bonds is 5. The largest absolute Gasteiger partial charge is 0.493 e. The lowest BCUT2D eigenvalue weighted by molar-refractivity contribution is -0.125. The summed E-state index contributed by atoms with van der Waals surface area (Å²) in [5.41, 5.74) is 10.1. The second-order valence-corrected chi connectivity index (χ2v) is 6.76. The second-order valence-electron chi connectivity index (χ2n) is 5.45. The highest BCUT2D eigenvalue weighted by molar-refractivity contribution is 7.99. The highest BCUT2D eigenvalue weighted by atomic mass is 32.2. The van der Waals surface area contributed by atoms with Crippen molar-refractivity contribution in [1.82, 2.24) is 21.7 Å². The minimum absolute atomic E-state index is 0.00147. The third kappa shape index (κ3) is 4.13. The molecule has 1 saturated heterocycles. The molecular formula is C15H22N4O2S. The third-order valence-electron chi connectivity index (χ3n) is 3.86. The number of carbonyl (C=O) groups is 1. The van der Waals surface area contributed by atoms with Gasteiger partial charge in [-0.05, 0) is 24.5 Å². The molecule has 1 aromatic carbocycles. The fourth-order valence-electron chi connectivity index (χ4n) is 2.66. The van der Waals surface area contributed by atoms with E-state index in [-0.39, 0.29) is 11.8 Å². The van der Waals surface area contributed by atoms with Gasteiger partial charge in [0, 0.05) is 24.8 Å². The van der Waals surface area contributed by atoms with Crippen LogP contribution in [0.3, 0.4) is 0 Å². The van der Waals surface area contributed by atoms with E-state index >= 15 is 0 Å². The molecule has 6 nitrogen and oxygen atoms in total. The van der Waals surface area contributed by atoms with Crippen molar-refractivity contribution in [2.45, 2.75) is 18.2 Å². The second kappa shape index (κ2) is 7.82. The van der Waals surface area contributed by atoms with Crippen LogP contribution in [0.2, 0.25) is 0 Å². The van der Waals surface area contributed by atoms with E-state index in [2.05, 4.69) is 21.7 Å². The van der Waals surface area contributed by atoms with E-state index in [1.165, 1.54) is 0 Å². The lowest BCUT2D eigenvalue weighted by Crippen LogP contribution is -2.35. The summed E-state index contributed by atoms with van der Waals surface area (Å²) in [4.78, 5) is 12.3. The number of amides is 1. The number of benzene rings is 1. The number of hydrogen-bond acceptors (Lipinski definition) is 6. The Morgan fingerprint density at radius 2 is 2.32 bits per heavy atom. The molecule has 2 heterocycles. The summed E-state index contributed by atoms with van der Waals surface area (Å²) < 4.78 is 5.72. The summed E-state index contributed by atoms with van der Waals surface area (Å²) in [7, 11) is 0. The molecule has 2 aliphatic rings. The first-order valence-electron chi connectivity index (χ1n) is 7.66. The maximum atomic E-state index is 12.3. The van der Waals surface area contributed by atoms with Crippen molar-refractivity contribution >= 4 is 17.7 Å². The molecule has 120 valence electrons. The molecule has 0 aromatic heterocycles. The van der Waals surface area contributed by atoms with Crippen LogP contribution in [0, 0.1) is 5.92 Å². The third-order valence-corrected chi connectivity index (χ3v) is 4.99. The predicted molar refractivity (Wildman–Crippen MR) is 87.3 cm³/mol. The number of hydrazine groups is 2. The Bertz CT molecular complexity index is 508. The van der Waals surface area contributed by atoms with Crippen LogP contribution < -0.4 is 26.4 Å². The van der Waals surface area contributed by atoms with Gasteiger partial charge >= 0.3 is 0 Å². The van der Waals surface area contributed by atoms with Crippen molar-refractivity contribution in [2.24, 2.45) is 5.92 Å². The number of hydrogen-bond donors (Lipinski definition) is 4. The van der Waals surface area contributed by atoms with Crippen molar-refractivity contribution < 1.29 is 9.53 Å². The van der Waals surface area contributed by atoms with Crippen molar-refractivity contribution in [2.75, 3.05) is 25.4 Å². The average molecular weight is 322 g/mol. The lowest BCUT2D eigenvalue weighted by Gasteiger charge is -2.14. The first-order valence-corrected chi connectivity index (χ1v) is 8.71. The van der Waals surface area contributed by atoms with Crippen molar-refractivity contribution in [3.8, 4) is 5.75 Å². The number of para-hydroxylation sites is 1. The number of nitrogens with one attached hydrogen (secondary N) is 4. The summed E-state index contributed by atoms with van der Waals surface area (Å²) in [6.07, 6.45) is 1.53. The fraction of sp³-hybridized carbons (Fsp3) is 0.533. The van der Waals surface area contributed by atoms with Gasteiger partial charge in [-0.3, -0.25) is 4.79 Å². The Morgan fingerprint density at radius 1 is 1.41 bits per heavy atom. The summed E-state index contributed by atoms with van der Waals surface area (Å²) in [5.74, 6) is 1.95. The van der Waals surface area contributed by atoms with Gasteiger partial charge in [-0.2, -0.15) is 5.53 Å². The first kappa shape index (κ1) is 15.6. The minimum Gasteiger partial charge on any atom is -0.493 e. The minimum atomic E-state index is 0.00147. The van der Waals surface area contributed by atoms with Gasteiger partial charge < -0.3 is 10.1 Å². The van der Waals surface area contributed by atoms with Crippen LogP contribution in [0.4, 0.5) is 0 Å². The molecule has 0 bridgehead atoms. The van der Waals surface area contributed by atoms with E-state index in [4.69, 9.17) is 4.74 Å². The zero-order valence-electron chi connectivity index (χ0n) is 12.4. The van der Waals surface area contributed by atoms with Crippen molar-refractivity contribution in [1.29, 1.82) is 0 Å². The van der Waals surface area contributed by atoms with E-state index in [1.807, 2.05) is 24.3 Å². The molecule has 2 aliphatic heterocycles. The maximum Gasteiger partial charge on any atom is 0.223 e. The summed E-state index contributed by atoms with van der Waals surface area (Å²) in [6, 6.07) is 7.98. The van der Waals surface area contributed by atoms with Gasteiger partial charge in [0.05, 0.1) is 12.0 Å². The molecule has 0 spiro atoms. The highest BCUT2D eigenvalue weighted by Crippen LogP contribution is 2.26. The fourth-order valence-corrected chi connectivity index (χ4v) is 3.51. The van der Waals surface area contributed by atoms with Gasteiger partial charge in [0.25, 0.3) is 0 Å². The van der Waals surface area contributed by atoms with Crippen LogP contribution in [-0.4, -0.2) is 36.7 Å². The highest BCUT2D eigenvalue weighted by Gasteiger charge is 2.23. The number of thioether (sulfide) groups is 1. The van der Waals surface area contributed by atoms with Gasteiger partial charge in [0.15, 0.2) is 0 Å². The smallest absolute Gasteiger partial charge is 0.223 e. The first-order chi connectivity index (χ1) is 10.8. The van der Waals surface area contributed by atoms with Crippen molar-refractivity contribution in [3.05, 3.63) is 29.8 Å². The molecule has 7 heteroatoms. The van der Waals surface area contributed by atoms with Crippen LogP contribution in [0.25, 0.3) is 0 Å². The molecule has 2 unspecified atom stereocenters. The van der Waals surface area contributed by atoms with Gasteiger partial charge in [-0.1, -0.05) is 18.2 Å². The topological polar surface area (TPSA) is 74.4 Å². The molecule has 0 aliphatic carbocycles. The van der Waals surface area contributed by atoms with Crippen LogP contribution in [0.1, 0.15) is 12.0 Å². The summed E-state index contributed by atoms with van der Waals surface area (Å²) in [5, 5.41) is 3.41. The lowest BCUT2D eigenvalue weighted by atomic mass is 9.96. The summed E-state index contributed by atoms with van der Waals surface area (Å²) >= 11 is 1.79. The molecule has 0 saturated carbocycles. The molecule has 0 radical (unpaired) electrons. The zero-order valence-corrected chi connectivity index (χ0v) is 13.2. The Morgan fingerprint density at radius 3 is 3.18 bits per heavy atom. The molecule has 22 heavy (non-hydrogen) atoms. The monoisotopic (exact) mass is 322 g/mol.